The number of benzene rings is 1. The van der Waals surface area contributed by atoms with Gasteiger partial charge in [-0.25, -0.2) is 9.13 Å². The molecule has 3 rings (SSSR count). The fraction of sp³-hybridized carbons (Fsp3) is 0.471. The van der Waals surface area contributed by atoms with Crippen LogP contribution in [0.4, 0.5) is 0 Å². The van der Waals surface area contributed by atoms with E-state index in [9.17, 15) is 0 Å². The molecule has 2 aromatic rings. The summed E-state index contributed by atoms with van der Waals surface area (Å²) < 4.78 is 10.2. The zero-order valence-corrected chi connectivity index (χ0v) is 12.4. The lowest BCUT2D eigenvalue weighted by molar-refractivity contribution is -0.703. The number of aromatic nitrogens is 2. The number of ether oxygens (including phenoxy) is 1. The average molecular weight is 271 g/mol. The van der Waals surface area contributed by atoms with Crippen LogP contribution in [0.2, 0.25) is 0 Å². The number of fused-ring (bicyclic) bond motifs is 1. The molecule has 1 aromatic carbocycles. The fourth-order valence-electron chi connectivity index (χ4n) is 3.02. The topological polar surface area (TPSA) is 18.0 Å². The van der Waals surface area contributed by atoms with Gasteiger partial charge in [-0.05, 0) is 37.1 Å². The van der Waals surface area contributed by atoms with Crippen molar-refractivity contribution in [2.45, 2.75) is 45.7 Å². The van der Waals surface area contributed by atoms with E-state index in [0.29, 0.717) is 0 Å². The van der Waals surface area contributed by atoms with E-state index >= 15 is 0 Å². The second kappa shape index (κ2) is 5.70. The van der Waals surface area contributed by atoms with Crippen LogP contribution in [0.15, 0.2) is 30.5 Å². The Bertz CT molecular complexity index is 584. The number of rotatable bonds is 5. The summed E-state index contributed by atoms with van der Waals surface area (Å²) in [7, 11) is 1.71. The van der Waals surface area contributed by atoms with E-state index in [2.05, 4.69) is 34.4 Å². The summed E-state index contributed by atoms with van der Waals surface area (Å²) in [5.41, 5.74) is 2.63. The van der Waals surface area contributed by atoms with E-state index in [1.54, 1.807) is 7.11 Å². The highest BCUT2D eigenvalue weighted by atomic mass is 16.5. The lowest BCUT2D eigenvalue weighted by Gasteiger charge is -2.01. The van der Waals surface area contributed by atoms with Gasteiger partial charge in [-0.1, -0.05) is 13.3 Å². The molecule has 0 bridgehead atoms. The van der Waals surface area contributed by atoms with Gasteiger partial charge in [0, 0.05) is 5.56 Å². The minimum atomic E-state index is 0.917. The smallest absolute Gasteiger partial charge is 0.257 e. The van der Waals surface area contributed by atoms with Crippen LogP contribution in [0, 0.1) is 0 Å². The summed E-state index contributed by atoms with van der Waals surface area (Å²) in [4.78, 5) is 0. The predicted molar refractivity (Wildman–Crippen MR) is 79.8 cm³/mol. The van der Waals surface area contributed by atoms with Gasteiger partial charge in [-0.15, -0.1) is 0 Å². The highest BCUT2D eigenvalue weighted by Gasteiger charge is 2.28. The third-order valence-electron chi connectivity index (χ3n) is 4.13. The molecule has 20 heavy (non-hydrogen) atoms. The molecule has 1 aromatic heterocycles. The van der Waals surface area contributed by atoms with Crippen LogP contribution in [-0.4, -0.2) is 11.7 Å². The van der Waals surface area contributed by atoms with Crippen molar-refractivity contribution in [1.82, 2.24) is 4.57 Å². The van der Waals surface area contributed by atoms with Crippen LogP contribution >= 0.6 is 0 Å². The van der Waals surface area contributed by atoms with Gasteiger partial charge in [-0.3, -0.25) is 0 Å². The van der Waals surface area contributed by atoms with E-state index < -0.39 is 0 Å². The van der Waals surface area contributed by atoms with Crippen LogP contribution in [-0.2, 0) is 19.5 Å². The fourth-order valence-corrected chi connectivity index (χ4v) is 3.02. The molecule has 0 saturated carbocycles. The molecule has 106 valence electrons. The van der Waals surface area contributed by atoms with Gasteiger partial charge in [0.2, 0.25) is 0 Å². The normalized spacial score (nSPS) is 13.5. The SMILES string of the molecule is CCCC[n+]1cc(-c2ccc(OC)cc2)n2c1CCC2. The summed E-state index contributed by atoms with van der Waals surface area (Å²) in [5, 5.41) is 0. The van der Waals surface area contributed by atoms with Crippen molar-refractivity contribution in [3.05, 3.63) is 36.3 Å². The second-order valence-corrected chi connectivity index (χ2v) is 5.46. The first-order valence-corrected chi connectivity index (χ1v) is 7.59. The van der Waals surface area contributed by atoms with Crippen LogP contribution in [0.1, 0.15) is 32.0 Å². The summed E-state index contributed by atoms with van der Waals surface area (Å²) in [6, 6.07) is 8.40. The van der Waals surface area contributed by atoms with E-state index in [4.69, 9.17) is 4.74 Å². The zero-order chi connectivity index (χ0) is 13.9. The standard InChI is InChI=1S/C17H23N2O/c1-3-4-11-18-13-16(19-12-5-6-17(18)19)14-7-9-15(20-2)10-8-14/h7-10,13H,3-6,11-12H2,1-2H3/q+1. The van der Waals surface area contributed by atoms with Gasteiger partial charge in [0.25, 0.3) is 5.82 Å². The lowest BCUT2D eigenvalue weighted by Crippen LogP contribution is -2.35. The monoisotopic (exact) mass is 271 g/mol. The van der Waals surface area contributed by atoms with Gasteiger partial charge < -0.3 is 4.74 Å². The highest BCUT2D eigenvalue weighted by molar-refractivity contribution is 5.59. The van der Waals surface area contributed by atoms with Gasteiger partial charge >= 0.3 is 0 Å². The molecule has 0 aliphatic carbocycles. The van der Waals surface area contributed by atoms with Crippen molar-refractivity contribution in [3.8, 4) is 17.0 Å². The molecule has 0 spiro atoms. The number of aryl methyl sites for hydroxylation is 1. The van der Waals surface area contributed by atoms with Gasteiger partial charge in [0.05, 0.1) is 26.6 Å². The molecule has 0 N–H and O–H groups in total. The number of hydrogen-bond donors (Lipinski definition) is 0. The van der Waals surface area contributed by atoms with Crippen LogP contribution in [0.5, 0.6) is 5.75 Å². The molecule has 0 unspecified atom stereocenters. The predicted octanol–water partition coefficient (Wildman–Crippen LogP) is 3.20. The van der Waals surface area contributed by atoms with Gasteiger partial charge in [0.15, 0.2) is 5.69 Å². The van der Waals surface area contributed by atoms with Crippen LogP contribution < -0.4 is 9.30 Å². The molecule has 3 nitrogen and oxygen atoms in total. The molecule has 0 radical (unpaired) electrons. The molecule has 1 aliphatic heterocycles. The van der Waals surface area contributed by atoms with Crippen LogP contribution in [0.25, 0.3) is 11.3 Å². The Hall–Kier alpha value is -1.77. The minimum Gasteiger partial charge on any atom is -0.497 e. The average Bonchev–Trinajstić information content (AvgIpc) is 3.08. The van der Waals surface area contributed by atoms with E-state index in [0.717, 1.165) is 18.8 Å². The summed E-state index contributed by atoms with van der Waals surface area (Å²) >= 11 is 0. The van der Waals surface area contributed by atoms with E-state index in [1.165, 1.54) is 42.8 Å². The number of nitrogens with zero attached hydrogens (tertiary/aromatic N) is 2. The summed E-state index contributed by atoms with van der Waals surface area (Å²) in [6.07, 6.45) is 7.30. The quantitative estimate of drug-likeness (QED) is 0.764. The maximum Gasteiger partial charge on any atom is 0.257 e. The first kappa shape index (κ1) is 13.2. The maximum absolute atomic E-state index is 5.24. The van der Waals surface area contributed by atoms with Crippen molar-refractivity contribution >= 4 is 0 Å². The third kappa shape index (κ3) is 2.33. The molecule has 0 fully saturated rings. The number of methoxy groups -OCH3 is 1. The number of unbranched alkanes of at least 4 members (excludes halogenated alkanes) is 1. The first-order chi connectivity index (χ1) is 9.83. The molecular weight excluding hydrogens is 248 g/mol. The van der Waals surface area contributed by atoms with Crippen molar-refractivity contribution in [2.75, 3.05) is 7.11 Å². The Kier molecular flexibility index (Phi) is 3.77. The Morgan fingerprint density at radius 1 is 1.25 bits per heavy atom. The molecular formula is C17H23N2O+. The molecule has 0 amide bonds. The number of hydrogen-bond acceptors (Lipinski definition) is 1. The summed E-state index contributed by atoms with van der Waals surface area (Å²) in [6.45, 7) is 4.54. The Morgan fingerprint density at radius 2 is 2.05 bits per heavy atom. The van der Waals surface area contributed by atoms with Crippen molar-refractivity contribution in [1.29, 1.82) is 0 Å². The number of imidazole rings is 1. The summed E-state index contributed by atoms with van der Waals surface area (Å²) in [5.74, 6) is 2.41. The van der Waals surface area contributed by atoms with E-state index in [1.807, 2.05) is 12.1 Å². The Balaban J connectivity index is 1.96. The molecule has 0 atom stereocenters. The van der Waals surface area contributed by atoms with Crippen molar-refractivity contribution in [3.63, 3.8) is 0 Å². The van der Waals surface area contributed by atoms with Crippen molar-refractivity contribution < 1.29 is 9.30 Å². The van der Waals surface area contributed by atoms with E-state index in [-0.39, 0.29) is 0 Å². The van der Waals surface area contributed by atoms with Gasteiger partial charge in [0.1, 0.15) is 11.9 Å². The zero-order valence-electron chi connectivity index (χ0n) is 12.4. The Morgan fingerprint density at radius 3 is 2.75 bits per heavy atom. The molecule has 3 heteroatoms. The molecule has 2 heterocycles. The second-order valence-electron chi connectivity index (χ2n) is 5.46. The highest BCUT2D eigenvalue weighted by Crippen LogP contribution is 2.26. The Labute approximate surface area is 120 Å². The van der Waals surface area contributed by atoms with Crippen LogP contribution in [0.3, 0.4) is 0 Å². The lowest BCUT2D eigenvalue weighted by atomic mass is 10.1. The first-order valence-electron chi connectivity index (χ1n) is 7.59. The largest absolute Gasteiger partial charge is 0.497 e. The maximum atomic E-state index is 5.24. The van der Waals surface area contributed by atoms with Gasteiger partial charge in [-0.2, -0.15) is 0 Å². The third-order valence-corrected chi connectivity index (χ3v) is 4.13. The van der Waals surface area contributed by atoms with Crippen molar-refractivity contribution in [2.24, 2.45) is 0 Å². The minimum absolute atomic E-state index is 0.917. The molecule has 1 aliphatic rings. The molecule has 0 saturated heterocycles.